The zero-order valence-electron chi connectivity index (χ0n) is 10.9. The van der Waals surface area contributed by atoms with Crippen LogP contribution >= 0.6 is 0 Å². The largest absolute Gasteiger partial charge is 0.480 e. The number of rotatable bonds is 6. The Bertz CT molecular complexity index is 525. The Morgan fingerprint density at radius 1 is 1.35 bits per heavy atom. The van der Waals surface area contributed by atoms with Crippen molar-refractivity contribution in [3.8, 4) is 0 Å². The molecule has 0 bridgehead atoms. The molecule has 0 radical (unpaired) electrons. The zero-order valence-corrected chi connectivity index (χ0v) is 10.9. The molecule has 1 rings (SSSR count). The SMILES string of the molecule is Cc1cc(F)cc(C(=O)NC(CCC(N)=O)C(=O)O)c1. The molecule has 0 spiro atoms. The maximum Gasteiger partial charge on any atom is 0.326 e. The highest BCUT2D eigenvalue weighted by Crippen LogP contribution is 2.09. The third-order valence-electron chi connectivity index (χ3n) is 2.59. The summed E-state index contributed by atoms with van der Waals surface area (Å²) in [6.45, 7) is 1.61. The van der Waals surface area contributed by atoms with Gasteiger partial charge in [0, 0.05) is 12.0 Å². The van der Waals surface area contributed by atoms with E-state index in [9.17, 15) is 18.8 Å². The molecule has 4 N–H and O–H groups in total. The van der Waals surface area contributed by atoms with Crippen LogP contribution in [0.3, 0.4) is 0 Å². The van der Waals surface area contributed by atoms with Crippen LogP contribution < -0.4 is 11.1 Å². The van der Waals surface area contributed by atoms with E-state index in [1.54, 1.807) is 6.92 Å². The first-order valence-electron chi connectivity index (χ1n) is 5.88. The number of carbonyl (C=O) groups excluding carboxylic acids is 2. The Hall–Kier alpha value is -2.44. The first kappa shape index (κ1) is 15.6. The average Bonchev–Trinajstić information content (AvgIpc) is 2.32. The Morgan fingerprint density at radius 2 is 2.00 bits per heavy atom. The molecule has 0 aliphatic carbocycles. The molecule has 1 atom stereocenters. The molecule has 0 aromatic heterocycles. The molecule has 1 aromatic carbocycles. The van der Waals surface area contributed by atoms with Crippen LogP contribution in [0.1, 0.15) is 28.8 Å². The van der Waals surface area contributed by atoms with E-state index in [2.05, 4.69) is 5.32 Å². The highest BCUT2D eigenvalue weighted by molar-refractivity contribution is 5.96. The Morgan fingerprint density at radius 3 is 2.50 bits per heavy atom. The summed E-state index contributed by atoms with van der Waals surface area (Å²) in [5.41, 5.74) is 5.49. The number of halogens is 1. The van der Waals surface area contributed by atoms with E-state index in [0.29, 0.717) is 5.56 Å². The topological polar surface area (TPSA) is 109 Å². The number of nitrogens with two attached hydrogens (primary N) is 1. The van der Waals surface area contributed by atoms with E-state index in [1.165, 1.54) is 12.1 Å². The molecule has 2 amide bonds. The van der Waals surface area contributed by atoms with Crippen molar-refractivity contribution in [1.29, 1.82) is 0 Å². The summed E-state index contributed by atoms with van der Waals surface area (Å²) in [7, 11) is 0. The molecule has 7 heteroatoms. The van der Waals surface area contributed by atoms with Gasteiger partial charge in [0.25, 0.3) is 5.91 Å². The minimum atomic E-state index is -1.28. The van der Waals surface area contributed by atoms with Crippen molar-refractivity contribution >= 4 is 17.8 Å². The highest BCUT2D eigenvalue weighted by Gasteiger charge is 2.21. The van der Waals surface area contributed by atoms with Crippen molar-refractivity contribution in [3.05, 3.63) is 35.1 Å². The minimum Gasteiger partial charge on any atom is -0.480 e. The number of nitrogens with one attached hydrogen (secondary N) is 1. The second-order valence-corrected chi connectivity index (χ2v) is 4.39. The quantitative estimate of drug-likeness (QED) is 0.709. The van der Waals surface area contributed by atoms with Crippen molar-refractivity contribution in [2.45, 2.75) is 25.8 Å². The first-order valence-corrected chi connectivity index (χ1v) is 5.88. The van der Waals surface area contributed by atoms with Gasteiger partial charge in [0.05, 0.1) is 0 Å². The van der Waals surface area contributed by atoms with E-state index in [4.69, 9.17) is 10.8 Å². The fraction of sp³-hybridized carbons (Fsp3) is 0.308. The third-order valence-corrected chi connectivity index (χ3v) is 2.59. The van der Waals surface area contributed by atoms with Crippen LogP contribution in [-0.4, -0.2) is 28.9 Å². The summed E-state index contributed by atoms with van der Waals surface area (Å²) >= 11 is 0. The van der Waals surface area contributed by atoms with Gasteiger partial charge in [-0.15, -0.1) is 0 Å². The van der Waals surface area contributed by atoms with Crippen LogP contribution in [0, 0.1) is 12.7 Å². The van der Waals surface area contributed by atoms with E-state index < -0.39 is 29.6 Å². The molecule has 1 unspecified atom stereocenters. The van der Waals surface area contributed by atoms with Gasteiger partial charge in [-0.25, -0.2) is 9.18 Å². The van der Waals surface area contributed by atoms with Crippen LogP contribution in [-0.2, 0) is 9.59 Å². The molecule has 0 saturated carbocycles. The predicted molar refractivity (Wildman–Crippen MR) is 68.5 cm³/mol. The van der Waals surface area contributed by atoms with E-state index in [0.717, 1.165) is 6.07 Å². The normalized spacial score (nSPS) is 11.7. The predicted octanol–water partition coefficient (Wildman–Crippen LogP) is 0.583. The lowest BCUT2D eigenvalue weighted by molar-refractivity contribution is -0.139. The number of aliphatic carboxylic acids is 1. The molecule has 0 aliphatic heterocycles. The molecule has 1 aromatic rings. The van der Waals surface area contributed by atoms with Gasteiger partial charge < -0.3 is 16.2 Å². The van der Waals surface area contributed by atoms with Gasteiger partial charge in [0.1, 0.15) is 11.9 Å². The Kier molecular flexibility index (Phi) is 5.19. The number of amides is 2. The van der Waals surface area contributed by atoms with Crippen molar-refractivity contribution in [1.82, 2.24) is 5.32 Å². The van der Waals surface area contributed by atoms with Crippen LogP contribution in [0.4, 0.5) is 4.39 Å². The van der Waals surface area contributed by atoms with Gasteiger partial charge >= 0.3 is 5.97 Å². The number of hydrogen-bond donors (Lipinski definition) is 3. The van der Waals surface area contributed by atoms with Gasteiger partial charge in [0.15, 0.2) is 0 Å². The number of benzene rings is 1. The molecular formula is C13H15FN2O4. The molecule has 6 nitrogen and oxygen atoms in total. The van der Waals surface area contributed by atoms with Crippen molar-refractivity contribution in [2.24, 2.45) is 5.73 Å². The molecule has 108 valence electrons. The van der Waals surface area contributed by atoms with Crippen LogP contribution in [0.25, 0.3) is 0 Å². The summed E-state index contributed by atoms with van der Waals surface area (Å²) in [5.74, 6) is -3.25. The Balaban J connectivity index is 2.79. The first-order chi connectivity index (χ1) is 9.29. The van der Waals surface area contributed by atoms with Crippen molar-refractivity contribution in [3.63, 3.8) is 0 Å². The molecular weight excluding hydrogens is 267 g/mol. The fourth-order valence-electron chi connectivity index (χ4n) is 1.65. The molecule has 0 heterocycles. The fourth-order valence-corrected chi connectivity index (χ4v) is 1.65. The minimum absolute atomic E-state index is 0.0211. The van der Waals surface area contributed by atoms with Gasteiger partial charge in [0.2, 0.25) is 5.91 Å². The maximum absolute atomic E-state index is 13.2. The van der Waals surface area contributed by atoms with E-state index in [-0.39, 0.29) is 18.4 Å². The number of carbonyl (C=O) groups is 3. The lowest BCUT2D eigenvalue weighted by Crippen LogP contribution is -2.41. The van der Waals surface area contributed by atoms with Crippen LogP contribution in [0.2, 0.25) is 0 Å². The number of carboxylic acids is 1. The number of hydrogen-bond acceptors (Lipinski definition) is 3. The Labute approximate surface area is 114 Å². The summed E-state index contributed by atoms with van der Waals surface area (Å²) in [4.78, 5) is 33.5. The van der Waals surface area contributed by atoms with Gasteiger partial charge in [-0.1, -0.05) is 0 Å². The third kappa shape index (κ3) is 4.68. The van der Waals surface area contributed by atoms with Crippen LogP contribution in [0.15, 0.2) is 18.2 Å². The molecule has 20 heavy (non-hydrogen) atoms. The highest BCUT2D eigenvalue weighted by atomic mass is 19.1. The number of carboxylic acid groups (broad SMARTS) is 1. The molecule has 0 fully saturated rings. The summed E-state index contributed by atoms with van der Waals surface area (Å²) in [5, 5.41) is 11.2. The lowest BCUT2D eigenvalue weighted by atomic mass is 10.1. The van der Waals surface area contributed by atoms with Crippen LogP contribution in [0.5, 0.6) is 0 Å². The summed E-state index contributed by atoms with van der Waals surface area (Å²) in [6.07, 6.45) is -0.288. The van der Waals surface area contributed by atoms with Gasteiger partial charge in [-0.05, 0) is 37.1 Å². The van der Waals surface area contributed by atoms with Crippen molar-refractivity contribution < 1.29 is 23.9 Å². The lowest BCUT2D eigenvalue weighted by Gasteiger charge is -2.14. The monoisotopic (exact) mass is 282 g/mol. The van der Waals surface area contributed by atoms with Gasteiger partial charge in [-0.2, -0.15) is 0 Å². The summed E-state index contributed by atoms with van der Waals surface area (Å²) < 4.78 is 13.2. The second-order valence-electron chi connectivity index (χ2n) is 4.39. The molecule has 0 saturated heterocycles. The maximum atomic E-state index is 13.2. The number of primary amides is 1. The summed E-state index contributed by atoms with van der Waals surface area (Å²) in [6, 6.07) is 2.44. The molecule has 0 aliphatic rings. The van der Waals surface area contributed by atoms with E-state index in [1.807, 2.05) is 0 Å². The second kappa shape index (κ2) is 6.65. The zero-order chi connectivity index (χ0) is 15.3. The van der Waals surface area contributed by atoms with Crippen molar-refractivity contribution in [2.75, 3.05) is 0 Å². The number of aryl methyl sites for hydroxylation is 1. The smallest absolute Gasteiger partial charge is 0.326 e. The van der Waals surface area contributed by atoms with Gasteiger partial charge in [-0.3, -0.25) is 9.59 Å². The standard InChI is InChI=1S/C13H15FN2O4/c1-7-4-8(6-9(14)5-7)12(18)16-10(13(19)20)2-3-11(15)17/h4-6,10H,2-3H2,1H3,(H2,15,17)(H,16,18)(H,19,20). The average molecular weight is 282 g/mol. The van der Waals surface area contributed by atoms with E-state index >= 15 is 0 Å².